The molecule has 6 rings (SSSR count). The van der Waals surface area contributed by atoms with Gasteiger partial charge in [0.05, 0.1) is 16.3 Å². The molecule has 0 bridgehead atoms. The zero-order valence-corrected chi connectivity index (χ0v) is 23.0. The molecule has 0 aliphatic carbocycles. The number of anilines is 1. The summed E-state index contributed by atoms with van der Waals surface area (Å²) in [6, 6.07) is 15.2. The van der Waals surface area contributed by atoms with E-state index in [1.54, 1.807) is 30.5 Å². The summed E-state index contributed by atoms with van der Waals surface area (Å²) >= 11 is 7.46. The number of aldehydes is 1. The number of halogens is 1. The van der Waals surface area contributed by atoms with Crippen LogP contribution in [0.4, 0.5) is 5.95 Å². The van der Waals surface area contributed by atoms with Crippen LogP contribution in [0, 0.1) is 0 Å². The van der Waals surface area contributed by atoms with Crippen molar-refractivity contribution in [3.63, 3.8) is 0 Å². The Labute approximate surface area is 234 Å². The zero-order chi connectivity index (χ0) is 27.0. The van der Waals surface area contributed by atoms with Crippen molar-refractivity contribution in [2.75, 3.05) is 18.4 Å². The maximum Gasteiger partial charge on any atom is 0.243 e. The Balaban J connectivity index is 1.27. The summed E-state index contributed by atoms with van der Waals surface area (Å²) in [5.74, 6) is 0.413. The fourth-order valence-corrected chi connectivity index (χ4v) is 7.09. The number of nitrogens with zero attached hydrogens (tertiary/aromatic N) is 5. The van der Waals surface area contributed by atoms with E-state index < -0.39 is 10.0 Å². The van der Waals surface area contributed by atoms with Gasteiger partial charge in [0.25, 0.3) is 0 Å². The highest BCUT2D eigenvalue weighted by molar-refractivity contribution is 7.89. The lowest BCUT2D eigenvalue weighted by molar-refractivity contribution is 0.112. The average Bonchev–Trinajstić information content (AvgIpc) is 3.55. The number of piperidine rings is 1. The molecule has 1 saturated heterocycles. The van der Waals surface area contributed by atoms with Crippen LogP contribution in [0.25, 0.3) is 27.6 Å². The molecule has 12 heteroatoms. The summed E-state index contributed by atoms with van der Waals surface area (Å²) in [4.78, 5) is 26.2. The summed E-state index contributed by atoms with van der Waals surface area (Å²) in [5, 5.41) is 5.80. The van der Waals surface area contributed by atoms with Gasteiger partial charge in [0.2, 0.25) is 16.0 Å². The predicted octanol–water partition coefficient (Wildman–Crippen LogP) is 5.25. The minimum Gasteiger partial charge on any atom is -0.350 e. The Morgan fingerprint density at radius 1 is 1.05 bits per heavy atom. The van der Waals surface area contributed by atoms with Crippen molar-refractivity contribution in [1.29, 1.82) is 0 Å². The Morgan fingerprint density at radius 3 is 2.62 bits per heavy atom. The van der Waals surface area contributed by atoms with Crippen LogP contribution < -0.4 is 5.32 Å². The quantitative estimate of drug-likeness (QED) is 0.263. The highest BCUT2D eigenvalue weighted by Gasteiger charge is 2.30. The number of hydrogen-bond donors (Lipinski definition) is 1. The number of sulfonamides is 1. The van der Waals surface area contributed by atoms with E-state index in [1.165, 1.54) is 27.8 Å². The molecule has 1 aliphatic heterocycles. The van der Waals surface area contributed by atoms with Gasteiger partial charge in [0.15, 0.2) is 4.96 Å². The molecule has 5 aromatic rings. The molecule has 4 heterocycles. The lowest BCUT2D eigenvalue weighted by Gasteiger charge is -2.32. The number of fused-ring (bicyclic) bond motifs is 1. The van der Waals surface area contributed by atoms with Gasteiger partial charge < -0.3 is 5.32 Å². The third kappa shape index (κ3) is 5.06. The van der Waals surface area contributed by atoms with Gasteiger partial charge in [-0.15, -0.1) is 11.3 Å². The Hall–Kier alpha value is -3.64. The molecule has 0 unspecified atom stereocenters. The molecule has 2 aromatic carbocycles. The molecule has 1 aliphatic rings. The Kier molecular flexibility index (Phi) is 6.90. The van der Waals surface area contributed by atoms with Crippen LogP contribution in [-0.2, 0) is 10.0 Å². The molecule has 1 N–H and O–H groups in total. The van der Waals surface area contributed by atoms with Gasteiger partial charge in [-0.25, -0.2) is 23.4 Å². The second kappa shape index (κ2) is 10.5. The van der Waals surface area contributed by atoms with Crippen LogP contribution in [0.2, 0.25) is 5.02 Å². The van der Waals surface area contributed by atoms with Gasteiger partial charge in [0.1, 0.15) is 12.0 Å². The molecular formula is C27H23ClN6O3S2. The largest absolute Gasteiger partial charge is 0.350 e. The smallest absolute Gasteiger partial charge is 0.243 e. The van der Waals surface area contributed by atoms with Gasteiger partial charge in [-0.3, -0.25) is 9.20 Å². The normalized spacial score (nSPS) is 16.4. The second-order valence-electron chi connectivity index (χ2n) is 9.17. The first-order valence-electron chi connectivity index (χ1n) is 12.3. The number of thiazole rings is 1. The van der Waals surface area contributed by atoms with E-state index >= 15 is 0 Å². The molecule has 3 aromatic heterocycles. The van der Waals surface area contributed by atoms with E-state index in [4.69, 9.17) is 21.6 Å². The van der Waals surface area contributed by atoms with Gasteiger partial charge in [0, 0.05) is 53.1 Å². The highest BCUT2D eigenvalue weighted by Crippen LogP contribution is 2.34. The number of carbonyl (C=O) groups excluding carboxylic acids is 1. The van der Waals surface area contributed by atoms with Crippen molar-refractivity contribution in [1.82, 2.24) is 23.7 Å². The minimum atomic E-state index is -3.65. The van der Waals surface area contributed by atoms with Crippen molar-refractivity contribution >= 4 is 50.2 Å². The number of rotatable bonds is 7. The second-order valence-corrected chi connectivity index (χ2v) is 12.4. The van der Waals surface area contributed by atoms with Crippen molar-refractivity contribution in [3.8, 4) is 22.6 Å². The highest BCUT2D eigenvalue weighted by atomic mass is 35.5. The third-order valence-corrected chi connectivity index (χ3v) is 9.54. The first kappa shape index (κ1) is 25.6. The Bertz CT molecular complexity index is 1750. The molecule has 0 spiro atoms. The van der Waals surface area contributed by atoms with Crippen LogP contribution in [0.5, 0.6) is 0 Å². The van der Waals surface area contributed by atoms with E-state index in [2.05, 4.69) is 10.3 Å². The number of carbonyl (C=O) groups is 1. The van der Waals surface area contributed by atoms with Crippen molar-refractivity contribution in [2.24, 2.45) is 0 Å². The van der Waals surface area contributed by atoms with Crippen LogP contribution in [0.1, 0.15) is 23.2 Å². The molecule has 0 amide bonds. The number of imidazole rings is 1. The summed E-state index contributed by atoms with van der Waals surface area (Å²) in [5.41, 5.74) is 3.70. The van der Waals surface area contributed by atoms with E-state index in [0.29, 0.717) is 41.7 Å². The molecule has 1 atom stereocenters. The number of benzene rings is 2. The van der Waals surface area contributed by atoms with E-state index in [0.717, 1.165) is 34.6 Å². The molecule has 39 heavy (non-hydrogen) atoms. The van der Waals surface area contributed by atoms with Crippen LogP contribution >= 0.6 is 22.9 Å². The molecule has 0 saturated carbocycles. The van der Waals surface area contributed by atoms with Gasteiger partial charge in [-0.05, 0) is 43.2 Å². The summed E-state index contributed by atoms with van der Waals surface area (Å²) in [6.45, 7) is 0.747. The molecule has 0 radical (unpaired) electrons. The van der Waals surface area contributed by atoms with Gasteiger partial charge in [-0.1, -0.05) is 35.9 Å². The topological polar surface area (TPSA) is 110 Å². The van der Waals surface area contributed by atoms with Crippen molar-refractivity contribution in [3.05, 3.63) is 83.0 Å². The number of hydrogen-bond acceptors (Lipinski definition) is 8. The SMILES string of the molecule is O=Cc1ccc(-c2nc3sccn3c2-c2ccnc(N[C@@H]3CCCN(S(=O)(=O)c4ccc(Cl)cc4)C3)n2)cc1. The Morgan fingerprint density at radius 2 is 1.85 bits per heavy atom. The molecule has 1 fully saturated rings. The first-order chi connectivity index (χ1) is 18.9. The zero-order valence-electron chi connectivity index (χ0n) is 20.6. The lowest BCUT2D eigenvalue weighted by atomic mass is 10.1. The average molecular weight is 579 g/mol. The summed E-state index contributed by atoms with van der Waals surface area (Å²) in [7, 11) is -3.65. The molecule has 9 nitrogen and oxygen atoms in total. The third-order valence-electron chi connectivity index (χ3n) is 6.65. The number of nitrogens with one attached hydrogen (secondary N) is 1. The van der Waals surface area contributed by atoms with Gasteiger partial charge >= 0.3 is 0 Å². The standard InChI is InChI=1S/C27H23ClN6O3S2/c28-20-7-9-22(10-8-20)39(36,37)33-13-1-2-21(16-33)30-26-29-12-11-23(31-26)25-24(32-27-34(25)14-15-38-27)19-5-3-18(17-35)4-6-19/h3-12,14-15,17,21H,1-2,13,16H2,(H,29,30,31)/t21-/m1/s1. The maximum absolute atomic E-state index is 13.2. The van der Waals surface area contributed by atoms with Crippen molar-refractivity contribution < 1.29 is 13.2 Å². The summed E-state index contributed by atoms with van der Waals surface area (Å²) in [6.07, 6.45) is 5.94. The van der Waals surface area contributed by atoms with Crippen LogP contribution in [0.3, 0.4) is 0 Å². The van der Waals surface area contributed by atoms with Crippen molar-refractivity contribution in [2.45, 2.75) is 23.8 Å². The van der Waals surface area contributed by atoms with Crippen LogP contribution in [0.15, 0.2) is 77.3 Å². The van der Waals surface area contributed by atoms with Gasteiger partial charge in [-0.2, -0.15) is 4.31 Å². The fraction of sp³-hybridized carbons (Fsp3) is 0.185. The predicted molar refractivity (Wildman–Crippen MR) is 152 cm³/mol. The first-order valence-corrected chi connectivity index (χ1v) is 15.0. The lowest BCUT2D eigenvalue weighted by Crippen LogP contribution is -2.45. The van der Waals surface area contributed by atoms with E-state index in [1.807, 2.05) is 34.2 Å². The minimum absolute atomic E-state index is 0.155. The van der Waals surface area contributed by atoms with E-state index in [9.17, 15) is 13.2 Å². The molecular weight excluding hydrogens is 556 g/mol. The fourth-order valence-electron chi connectivity index (χ4n) is 4.73. The van der Waals surface area contributed by atoms with E-state index in [-0.39, 0.29) is 10.9 Å². The van der Waals surface area contributed by atoms with Crippen LogP contribution in [-0.4, -0.2) is 57.5 Å². The monoisotopic (exact) mass is 578 g/mol. The molecule has 198 valence electrons. The maximum atomic E-state index is 13.2. The summed E-state index contributed by atoms with van der Waals surface area (Å²) < 4.78 is 29.9. The number of aromatic nitrogens is 4.